The molecule has 1 atom stereocenters. The molecule has 0 aromatic carbocycles. The number of carbonyl (C=O) groups excluding carboxylic acids is 1. The van der Waals surface area contributed by atoms with Gasteiger partial charge in [-0.15, -0.1) is 0 Å². The van der Waals surface area contributed by atoms with Crippen molar-refractivity contribution in [2.45, 2.75) is 13.8 Å². The van der Waals surface area contributed by atoms with Crippen LogP contribution in [0.3, 0.4) is 0 Å². The average Bonchev–Trinajstić information content (AvgIpc) is 1.85. The lowest BCUT2D eigenvalue weighted by molar-refractivity contribution is -0.119. The largest absolute Gasteiger partial charge is 0.356 e. The lowest BCUT2D eigenvalue weighted by Gasteiger charge is -2.08. The number of carbonyl (C=O) groups is 1. The predicted molar refractivity (Wildman–Crippen MR) is 46.2 cm³/mol. The number of nitrogens with one attached hydrogen (secondary N) is 1. The van der Waals surface area contributed by atoms with Crippen LogP contribution < -0.4 is 5.32 Å². The second-order valence-corrected chi connectivity index (χ2v) is 3.41. The Morgan fingerprint density at radius 1 is 1.70 bits per heavy atom. The number of rotatable bonds is 4. The van der Waals surface area contributed by atoms with Crippen LogP contribution in [-0.4, -0.2) is 24.5 Å². The molecule has 1 unspecified atom stereocenters. The van der Waals surface area contributed by atoms with Gasteiger partial charge in [-0.1, -0.05) is 6.92 Å². The maximum absolute atomic E-state index is 10.4. The molecule has 1 N–H and O–H groups in total. The molecule has 60 valence electrons. The first kappa shape index (κ1) is 9.82. The van der Waals surface area contributed by atoms with E-state index in [1.165, 1.54) is 0 Å². The van der Waals surface area contributed by atoms with E-state index in [9.17, 15) is 4.79 Å². The topological polar surface area (TPSA) is 29.1 Å². The van der Waals surface area contributed by atoms with E-state index >= 15 is 0 Å². The SMILES string of the molecule is CSCC(C)CNC(C)=O. The molecule has 0 spiro atoms. The maximum atomic E-state index is 10.4. The molecule has 0 saturated heterocycles. The zero-order valence-electron chi connectivity index (χ0n) is 6.81. The first-order chi connectivity index (χ1) is 4.66. The first-order valence-corrected chi connectivity index (χ1v) is 4.79. The summed E-state index contributed by atoms with van der Waals surface area (Å²) < 4.78 is 0. The summed E-state index contributed by atoms with van der Waals surface area (Å²) in [7, 11) is 0. The highest BCUT2D eigenvalue weighted by atomic mass is 32.2. The highest BCUT2D eigenvalue weighted by Crippen LogP contribution is 2.01. The fourth-order valence-corrected chi connectivity index (χ4v) is 1.35. The number of amides is 1. The molecule has 0 rings (SSSR count). The molecule has 0 radical (unpaired) electrons. The molecule has 0 aromatic heterocycles. The van der Waals surface area contributed by atoms with Crippen molar-refractivity contribution in [1.29, 1.82) is 0 Å². The quantitative estimate of drug-likeness (QED) is 0.669. The van der Waals surface area contributed by atoms with Crippen LogP contribution in [0.1, 0.15) is 13.8 Å². The van der Waals surface area contributed by atoms with Gasteiger partial charge in [0, 0.05) is 13.5 Å². The molecule has 10 heavy (non-hydrogen) atoms. The van der Waals surface area contributed by atoms with Gasteiger partial charge >= 0.3 is 0 Å². The van der Waals surface area contributed by atoms with Crippen LogP contribution in [0.5, 0.6) is 0 Å². The summed E-state index contributed by atoms with van der Waals surface area (Å²) in [6.07, 6.45) is 2.07. The molecular weight excluding hydrogens is 146 g/mol. The number of hydrogen-bond donors (Lipinski definition) is 1. The third-order valence-electron chi connectivity index (χ3n) is 1.15. The Kier molecular flexibility index (Phi) is 5.49. The van der Waals surface area contributed by atoms with Crippen LogP contribution in [-0.2, 0) is 4.79 Å². The molecule has 3 heteroatoms. The normalized spacial score (nSPS) is 12.7. The Balaban J connectivity index is 3.21. The summed E-state index contributed by atoms with van der Waals surface area (Å²) in [4.78, 5) is 10.4. The van der Waals surface area contributed by atoms with Crippen molar-refractivity contribution in [3.05, 3.63) is 0 Å². The molecule has 0 fully saturated rings. The van der Waals surface area contributed by atoms with E-state index in [2.05, 4.69) is 18.5 Å². The molecule has 0 heterocycles. The molecule has 0 bridgehead atoms. The molecule has 0 aliphatic carbocycles. The van der Waals surface area contributed by atoms with Crippen LogP contribution >= 0.6 is 11.8 Å². The summed E-state index contributed by atoms with van der Waals surface area (Å²) in [5, 5.41) is 2.78. The van der Waals surface area contributed by atoms with Crippen molar-refractivity contribution >= 4 is 17.7 Å². The number of thioether (sulfide) groups is 1. The lowest BCUT2D eigenvalue weighted by atomic mass is 10.2. The minimum atomic E-state index is 0.0629. The molecular formula is C7H15NOS. The highest BCUT2D eigenvalue weighted by Gasteiger charge is 2.00. The molecule has 0 aliphatic heterocycles. The Morgan fingerprint density at radius 2 is 2.30 bits per heavy atom. The van der Waals surface area contributed by atoms with Gasteiger partial charge in [-0.3, -0.25) is 4.79 Å². The minimum absolute atomic E-state index is 0.0629. The van der Waals surface area contributed by atoms with Crippen molar-refractivity contribution < 1.29 is 4.79 Å². The van der Waals surface area contributed by atoms with Gasteiger partial charge in [0.15, 0.2) is 0 Å². The summed E-state index contributed by atoms with van der Waals surface area (Å²) in [5.74, 6) is 1.76. The maximum Gasteiger partial charge on any atom is 0.216 e. The number of hydrogen-bond acceptors (Lipinski definition) is 2. The lowest BCUT2D eigenvalue weighted by Crippen LogP contribution is -2.26. The van der Waals surface area contributed by atoms with Gasteiger partial charge < -0.3 is 5.32 Å². The van der Waals surface area contributed by atoms with E-state index in [0.29, 0.717) is 5.92 Å². The van der Waals surface area contributed by atoms with E-state index in [0.717, 1.165) is 12.3 Å². The van der Waals surface area contributed by atoms with E-state index < -0.39 is 0 Å². The summed E-state index contributed by atoms with van der Waals surface area (Å²) in [6, 6.07) is 0. The van der Waals surface area contributed by atoms with Crippen molar-refractivity contribution in [1.82, 2.24) is 5.32 Å². The summed E-state index contributed by atoms with van der Waals surface area (Å²) in [5.41, 5.74) is 0. The van der Waals surface area contributed by atoms with E-state index in [4.69, 9.17) is 0 Å². The smallest absolute Gasteiger partial charge is 0.216 e. The van der Waals surface area contributed by atoms with Gasteiger partial charge in [0.1, 0.15) is 0 Å². The van der Waals surface area contributed by atoms with E-state index in [1.54, 1.807) is 6.92 Å². The van der Waals surface area contributed by atoms with Crippen molar-refractivity contribution in [2.75, 3.05) is 18.6 Å². The van der Waals surface area contributed by atoms with E-state index in [1.807, 2.05) is 11.8 Å². The zero-order valence-corrected chi connectivity index (χ0v) is 7.62. The van der Waals surface area contributed by atoms with Crippen LogP contribution in [0.15, 0.2) is 0 Å². The monoisotopic (exact) mass is 161 g/mol. The Hall–Kier alpha value is -0.180. The summed E-state index contributed by atoms with van der Waals surface area (Å²) >= 11 is 1.81. The zero-order chi connectivity index (χ0) is 7.98. The highest BCUT2D eigenvalue weighted by molar-refractivity contribution is 7.98. The van der Waals surface area contributed by atoms with Gasteiger partial charge in [-0.2, -0.15) is 11.8 Å². The van der Waals surface area contributed by atoms with Crippen LogP contribution in [0.4, 0.5) is 0 Å². The van der Waals surface area contributed by atoms with Gasteiger partial charge in [0.05, 0.1) is 0 Å². The predicted octanol–water partition coefficient (Wildman–Crippen LogP) is 1.12. The minimum Gasteiger partial charge on any atom is -0.356 e. The summed E-state index contributed by atoms with van der Waals surface area (Å²) in [6.45, 7) is 4.48. The van der Waals surface area contributed by atoms with E-state index in [-0.39, 0.29) is 5.91 Å². The van der Waals surface area contributed by atoms with Crippen molar-refractivity contribution in [2.24, 2.45) is 5.92 Å². The molecule has 0 saturated carbocycles. The Bertz CT molecular complexity index is 106. The molecule has 0 aliphatic rings. The Morgan fingerprint density at radius 3 is 2.70 bits per heavy atom. The molecule has 2 nitrogen and oxygen atoms in total. The Labute approximate surface area is 66.8 Å². The van der Waals surface area contributed by atoms with Crippen LogP contribution in [0.2, 0.25) is 0 Å². The van der Waals surface area contributed by atoms with Crippen LogP contribution in [0, 0.1) is 5.92 Å². The standard InChI is InChI=1S/C7H15NOS/c1-6(5-10-3)4-8-7(2)9/h6H,4-5H2,1-3H3,(H,8,9). The van der Waals surface area contributed by atoms with Gasteiger partial charge in [-0.25, -0.2) is 0 Å². The van der Waals surface area contributed by atoms with Gasteiger partial charge in [0.2, 0.25) is 5.91 Å². The van der Waals surface area contributed by atoms with Gasteiger partial charge in [0.25, 0.3) is 0 Å². The average molecular weight is 161 g/mol. The first-order valence-electron chi connectivity index (χ1n) is 3.40. The van der Waals surface area contributed by atoms with Crippen molar-refractivity contribution in [3.63, 3.8) is 0 Å². The van der Waals surface area contributed by atoms with Crippen LogP contribution in [0.25, 0.3) is 0 Å². The second kappa shape index (κ2) is 5.59. The second-order valence-electron chi connectivity index (χ2n) is 2.50. The molecule has 1 amide bonds. The van der Waals surface area contributed by atoms with Gasteiger partial charge in [-0.05, 0) is 17.9 Å². The third-order valence-corrected chi connectivity index (χ3v) is 2.05. The van der Waals surface area contributed by atoms with Crippen molar-refractivity contribution in [3.8, 4) is 0 Å². The third kappa shape index (κ3) is 5.95. The fourth-order valence-electron chi connectivity index (χ4n) is 0.661. The fraction of sp³-hybridized carbons (Fsp3) is 0.857. The molecule has 0 aromatic rings.